The van der Waals surface area contributed by atoms with Crippen molar-refractivity contribution in [1.82, 2.24) is 24.7 Å². The fraction of sp³-hybridized carbons (Fsp3) is 0.643. The SMILES string of the molecule is CN1CCN(C(=O)N2CC[C@H](Oc3cnccn3)C2)CC1. The Kier molecular flexibility index (Phi) is 4.19. The average molecular weight is 291 g/mol. The van der Waals surface area contributed by atoms with E-state index in [4.69, 9.17) is 4.74 Å². The van der Waals surface area contributed by atoms with Crippen LogP contribution in [0.1, 0.15) is 6.42 Å². The molecule has 0 saturated carbocycles. The summed E-state index contributed by atoms with van der Waals surface area (Å²) < 4.78 is 5.77. The zero-order valence-electron chi connectivity index (χ0n) is 12.3. The van der Waals surface area contributed by atoms with Crippen LogP contribution in [0.25, 0.3) is 0 Å². The second-order valence-electron chi connectivity index (χ2n) is 5.59. The number of hydrogen-bond acceptors (Lipinski definition) is 5. The van der Waals surface area contributed by atoms with Gasteiger partial charge in [-0.25, -0.2) is 9.78 Å². The van der Waals surface area contributed by atoms with Crippen LogP contribution < -0.4 is 4.74 Å². The molecule has 0 radical (unpaired) electrons. The molecule has 3 rings (SSSR count). The van der Waals surface area contributed by atoms with Gasteiger partial charge in [-0.1, -0.05) is 0 Å². The van der Waals surface area contributed by atoms with Gasteiger partial charge in [-0.15, -0.1) is 0 Å². The van der Waals surface area contributed by atoms with Crippen molar-refractivity contribution < 1.29 is 9.53 Å². The predicted molar refractivity (Wildman–Crippen MR) is 77.1 cm³/mol. The van der Waals surface area contributed by atoms with Crippen molar-refractivity contribution in [2.75, 3.05) is 46.3 Å². The number of ether oxygens (including phenoxy) is 1. The molecule has 7 heteroatoms. The zero-order valence-corrected chi connectivity index (χ0v) is 12.3. The smallest absolute Gasteiger partial charge is 0.320 e. The molecule has 2 aliphatic heterocycles. The Morgan fingerprint density at radius 2 is 2.00 bits per heavy atom. The van der Waals surface area contributed by atoms with Crippen molar-refractivity contribution in [3.63, 3.8) is 0 Å². The molecule has 0 aromatic carbocycles. The first-order valence-electron chi connectivity index (χ1n) is 7.37. The molecule has 21 heavy (non-hydrogen) atoms. The molecule has 3 heterocycles. The highest BCUT2D eigenvalue weighted by atomic mass is 16.5. The lowest BCUT2D eigenvalue weighted by Crippen LogP contribution is -2.51. The Morgan fingerprint density at radius 3 is 2.71 bits per heavy atom. The lowest BCUT2D eigenvalue weighted by molar-refractivity contribution is 0.123. The lowest BCUT2D eigenvalue weighted by atomic mass is 10.3. The lowest BCUT2D eigenvalue weighted by Gasteiger charge is -2.34. The molecule has 7 nitrogen and oxygen atoms in total. The van der Waals surface area contributed by atoms with Crippen molar-refractivity contribution >= 4 is 6.03 Å². The molecule has 114 valence electrons. The third-order valence-corrected chi connectivity index (χ3v) is 4.02. The van der Waals surface area contributed by atoms with Gasteiger partial charge in [0.15, 0.2) is 0 Å². The molecule has 0 bridgehead atoms. The standard InChI is InChI=1S/C14H21N5O2/c1-17-6-8-18(9-7-17)14(20)19-5-2-12(11-19)21-13-10-15-3-4-16-13/h3-4,10,12H,2,5-9,11H2,1H3/t12-/m0/s1. The van der Waals surface area contributed by atoms with Gasteiger partial charge in [-0.05, 0) is 7.05 Å². The molecular weight excluding hydrogens is 270 g/mol. The number of amides is 2. The van der Waals surface area contributed by atoms with Crippen LogP contribution in [0.3, 0.4) is 0 Å². The summed E-state index contributed by atoms with van der Waals surface area (Å²) in [6, 6.07) is 0.133. The van der Waals surface area contributed by atoms with Crippen LogP contribution in [0.15, 0.2) is 18.6 Å². The van der Waals surface area contributed by atoms with Gasteiger partial charge >= 0.3 is 6.03 Å². The molecule has 2 aliphatic rings. The summed E-state index contributed by atoms with van der Waals surface area (Å²) in [5.74, 6) is 0.524. The second-order valence-corrected chi connectivity index (χ2v) is 5.59. The van der Waals surface area contributed by atoms with Crippen LogP contribution in [0, 0.1) is 0 Å². The van der Waals surface area contributed by atoms with E-state index < -0.39 is 0 Å². The summed E-state index contributed by atoms with van der Waals surface area (Å²) in [7, 11) is 2.09. The minimum atomic E-state index is 0.0121. The van der Waals surface area contributed by atoms with Crippen LogP contribution in [-0.2, 0) is 0 Å². The highest BCUT2D eigenvalue weighted by Crippen LogP contribution is 2.17. The number of carbonyl (C=O) groups is 1. The van der Waals surface area contributed by atoms with Gasteiger partial charge < -0.3 is 19.4 Å². The molecule has 1 aromatic heterocycles. The van der Waals surface area contributed by atoms with Crippen molar-refractivity contribution in [3.8, 4) is 5.88 Å². The quantitative estimate of drug-likeness (QED) is 0.784. The Balaban J connectivity index is 1.51. The molecule has 0 spiro atoms. The number of rotatable bonds is 2. The Hall–Kier alpha value is -1.89. The van der Waals surface area contributed by atoms with Crippen molar-refractivity contribution in [2.24, 2.45) is 0 Å². The molecule has 0 N–H and O–H groups in total. The minimum absolute atomic E-state index is 0.0121. The van der Waals surface area contributed by atoms with E-state index in [9.17, 15) is 4.79 Å². The van der Waals surface area contributed by atoms with E-state index in [-0.39, 0.29) is 12.1 Å². The van der Waals surface area contributed by atoms with Crippen LogP contribution in [0.5, 0.6) is 5.88 Å². The van der Waals surface area contributed by atoms with Crippen LogP contribution >= 0.6 is 0 Å². The summed E-state index contributed by atoms with van der Waals surface area (Å²) in [4.78, 5) is 26.6. The average Bonchev–Trinajstić information content (AvgIpc) is 2.97. The first kappa shape index (κ1) is 14.1. The third kappa shape index (κ3) is 3.41. The Morgan fingerprint density at radius 1 is 1.19 bits per heavy atom. The third-order valence-electron chi connectivity index (χ3n) is 4.02. The maximum atomic E-state index is 12.5. The van der Waals surface area contributed by atoms with E-state index in [1.807, 2.05) is 9.80 Å². The first-order valence-corrected chi connectivity index (χ1v) is 7.37. The van der Waals surface area contributed by atoms with Crippen molar-refractivity contribution in [1.29, 1.82) is 0 Å². The second kappa shape index (κ2) is 6.26. The monoisotopic (exact) mass is 291 g/mol. The number of carbonyl (C=O) groups excluding carboxylic acids is 1. The van der Waals surface area contributed by atoms with Crippen LogP contribution in [0.4, 0.5) is 4.79 Å². The van der Waals surface area contributed by atoms with Crippen molar-refractivity contribution in [3.05, 3.63) is 18.6 Å². The number of hydrogen-bond donors (Lipinski definition) is 0. The van der Waals surface area contributed by atoms with Crippen molar-refractivity contribution in [2.45, 2.75) is 12.5 Å². The summed E-state index contributed by atoms with van der Waals surface area (Å²) in [6.07, 6.45) is 5.68. The topological polar surface area (TPSA) is 61.8 Å². The highest BCUT2D eigenvalue weighted by Gasteiger charge is 2.31. The molecule has 2 amide bonds. The molecular formula is C14H21N5O2. The summed E-state index contributed by atoms with van der Waals surface area (Å²) >= 11 is 0. The predicted octanol–water partition coefficient (Wildman–Crippen LogP) is 0.297. The van der Waals surface area contributed by atoms with E-state index in [1.165, 1.54) is 0 Å². The van der Waals surface area contributed by atoms with Gasteiger partial charge in [0.2, 0.25) is 5.88 Å². The maximum absolute atomic E-state index is 12.5. The number of aromatic nitrogens is 2. The molecule has 2 fully saturated rings. The van der Waals surface area contributed by atoms with Crippen LogP contribution in [-0.4, -0.2) is 83.1 Å². The number of likely N-dealkylation sites (tertiary alicyclic amines) is 1. The minimum Gasteiger partial charge on any atom is -0.471 e. The fourth-order valence-electron chi connectivity index (χ4n) is 2.71. The summed E-state index contributed by atoms with van der Waals surface area (Å²) in [6.45, 7) is 4.87. The van der Waals surface area contributed by atoms with Gasteiger partial charge in [0, 0.05) is 51.5 Å². The number of nitrogens with zero attached hydrogens (tertiary/aromatic N) is 5. The van der Waals surface area contributed by atoms with E-state index in [0.29, 0.717) is 12.4 Å². The molecule has 0 unspecified atom stereocenters. The van der Waals surface area contributed by atoms with Gasteiger partial charge in [-0.3, -0.25) is 4.98 Å². The molecule has 1 atom stereocenters. The van der Waals surface area contributed by atoms with Crippen LogP contribution in [0.2, 0.25) is 0 Å². The molecule has 0 aliphatic carbocycles. The Labute approximate surface area is 124 Å². The zero-order chi connectivity index (χ0) is 14.7. The van der Waals surface area contributed by atoms with E-state index in [1.54, 1.807) is 18.6 Å². The van der Waals surface area contributed by atoms with Gasteiger partial charge in [-0.2, -0.15) is 0 Å². The molecule has 1 aromatic rings. The molecule has 2 saturated heterocycles. The summed E-state index contributed by atoms with van der Waals surface area (Å²) in [5.41, 5.74) is 0. The highest BCUT2D eigenvalue weighted by molar-refractivity contribution is 5.75. The van der Waals surface area contributed by atoms with Gasteiger partial charge in [0.1, 0.15) is 6.10 Å². The normalized spacial score (nSPS) is 23.4. The fourth-order valence-corrected chi connectivity index (χ4v) is 2.71. The number of likely N-dealkylation sites (N-methyl/N-ethyl adjacent to an activating group) is 1. The largest absolute Gasteiger partial charge is 0.471 e. The summed E-state index contributed by atoms with van der Waals surface area (Å²) in [5, 5.41) is 0. The Bertz CT molecular complexity index is 476. The van der Waals surface area contributed by atoms with E-state index in [0.717, 1.165) is 39.1 Å². The first-order chi connectivity index (χ1) is 10.2. The maximum Gasteiger partial charge on any atom is 0.320 e. The number of urea groups is 1. The van der Waals surface area contributed by atoms with E-state index >= 15 is 0 Å². The van der Waals surface area contributed by atoms with E-state index in [2.05, 4.69) is 21.9 Å². The number of piperazine rings is 1. The van der Waals surface area contributed by atoms with Gasteiger partial charge in [0.25, 0.3) is 0 Å². The van der Waals surface area contributed by atoms with Gasteiger partial charge in [0.05, 0.1) is 12.7 Å².